The lowest BCUT2D eigenvalue weighted by Gasteiger charge is -2.11. The van der Waals surface area contributed by atoms with E-state index >= 15 is 0 Å². The highest BCUT2D eigenvalue weighted by atomic mass is 16.6. The summed E-state index contributed by atoms with van der Waals surface area (Å²) in [6.45, 7) is 0.383. The van der Waals surface area contributed by atoms with Gasteiger partial charge >= 0.3 is 0 Å². The molecule has 0 spiro atoms. The maximum atomic E-state index is 12.1. The normalized spacial score (nSPS) is 14.6. The monoisotopic (exact) mass is 272 g/mol. The molecule has 0 unspecified atom stereocenters. The number of allylic oxidation sites excluding steroid dienone is 2. The van der Waals surface area contributed by atoms with E-state index in [2.05, 4.69) is 10.3 Å². The first-order valence-electron chi connectivity index (χ1n) is 6.31. The highest BCUT2D eigenvalue weighted by molar-refractivity contribution is 6.21. The second-order valence-electron chi connectivity index (χ2n) is 4.21. The van der Waals surface area contributed by atoms with E-state index in [1.54, 1.807) is 36.5 Å². The first kappa shape index (κ1) is 14.0. The van der Waals surface area contributed by atoms with Crippen molar-refractivity contribution >= 4 is 11.8 Å². The summed E-state index contributed by atoms with van der Waals surface area (Å²) in [6, 6.07) is 6.90. The highest BCUT2D eigenvalue weighted by Crippen LogP contribution is 2.22. The molecule has 5 heteroatoms. The third kappa shape index (κ3) is 2.95. The molecule has 0 fully saturated rings. The van der Waals surface area contributed by atoms with Crippen molar-refractivity contribution in [2.75, 3.05) is 13.7 Å². The summed E-state index contributed by atoms with van der Waals surface area (Å²) < 4.78 is 0. The van der Waals surface area contributed by atoms with Crippen LogP contribution in [0, 0.1) is 0 Å². The minimum absolute atomic E-state index is 0.212. The van der Waals surface area contributed by atoms with E-state index in [0.717, 1.165) is 0 Å². The van der Waals surface area contributed by atoms with Gasteiger partial charge in [-0.25, -0.2) is 0 Å². The number of benzene rings is 1. The Hall–Kier alpha value is -2.40. The van der Waals surface area contributed by atoms with Gasteiger partial charge in [0.15, 0.2) is 0 Å². The van der Waals surface area contributed by atoms with Gasteiger partial charge in [-0.2, -0.15) is 0 Å². The topological polar surface area (TPSA) is 58.6 Å². The molecule has 2 amide bonds. The second kappa shape index (κ2) is 6.68. The van der Waals surface area contributed by atoms with Crippen LogP contribution in [-0.4, -0.2) is 30.4 Å². The summed E-state index contributed by atoms with van der Waals surface area (Å²) in [5, 5.41) is 0. The predicted octanol–water partition coefficient (Wildman–Crippen LogP) is 1.89. The van der Waals surface area contributed by atoms with Crippen LogP contribution in [0.5, 0.6) is 0 Å². The van der Waals surface area contributed by atoms with Crippen molar-refractivity contribution in [1.82, 2.24) is 10.4 Å². The molecule has 1 aliphatic heterocycles. The molecule has 1 N–H and O–H groups in total. The lowest BCUT2D eigenvalue weighted by Crippen LogP contribution is -2.30. The molecular formula is C15H16N2O3. The number of hydrogen-bond acceptors (Lipinski definition) is 4. The molecule has 0 atom stereocenters. The number of nitrogens with one attached hydrogen (secondary N) is 1. The van der Waals surface area contributed by atoms with E-state index in [4.69, 9.17) is 0 Å². The van der Waals surface area contributed by atoms with Crippen LogP contribution < -0.4 is 5.48 Å². The Morgan fingerprint density at radius 2 is 1.80 bits per heavy atom. The number of amides is 2. The summed E-state index contributed by atoms with van der Waals surface area (Å²) in [6.07, 6.45) is 7.73. The predicted molar refractivity (Wildman–Crippen MR) is 74.9 cm³/mol. The molecule has 20 heavy (non-hydrogen) atoms. The third-order valence-electron chi connectivity index (χ3n) is 2.93. The largest absolute Gasteiger partial charge is 0.280 e. The summed E-state index contributed by atoms with van der Waals surface area (Å²) >= 11 is 0. The molecule has 0 saturated heterocycles. The van der Waals surface area contributed by atoms with Gasteiger partial charge < -0.3 is 0 Å². The number of hydroxylamine groups is 1. The van der Waals surface area contributed by atoms with Crippen molar-refractivity contribution in [3.63, 3.8) is 0 Å². The van der Waals surface area contributed by atoms with Crippen molar-refractivity contribution in [3.05, 3.63) is 59.8 Å². The van der Waals surface area contributed by atoms with E-state index in [0.29, 0.717) is 24.1 Å². The van der Waals surface area contributed by atoms with E-state index in [-0.39, 0.29) is 11.8 Å². The summed E-state index contributed by atoms with van der Waals surface area (Å²) in [5.74, 6) is -0.425. The molecular weight excluding hydrogens is 256 g/mol. The second-order valence-corrected chi connectivity index (χ2v) is 4.21. The molecule has 1 aromatic carbocycles. The quantitative estimate of drug-likeness (QED) is 0.488. The van der Waals surface area contributed by atoms with Crippen molar-refractivity contribution in [3.8, 4) is 0 Å². The van der Waals surface area contributed by atoms with Gasteiger partial charge in [-0.1, -0.05) is 24.3 Å². The maximum Gasteiger partial charge on any atom is 0.261 e. The molecule has 1 aliphatic rings. The van der Waals surface area contributed by atoms with E-state index < -0.39 is 0 Å². The zero-order chi connectivity index (χ0) is 14.4. The number of nitrogens with zero attached hydrogens (tertiary/aromatic N) is 1. The average molecular weight is 272 g/mol. The number of carbonyl (C=O) groups is 2. The lowest BCUT2D eigenvalue weighted by molar-refractivity contribution is 0.0657. The molecule has 5 nitrogen and oxygen atoms in total. The molecule has 0 aliphatic carbocycles. The van der Waals surface area contributed by atoms with Gasteiger partial charge in [-0.15, -0.1) is 0 Å². The molecule has 2 rings (SSSR count). The van der Waals surface area contributed by atoms with Gasteiger partial charge in [-0.3, -0.25) is 24.8 Å². The van der Waals surface area contributed by atoms with E-state index in [1.807, 2.05) is 12.2 Å². The first-order chi connectivity index (χ1) is 9.75. The van der Waals surface area contributed by atoms with Crippen LogP contribution in [0.2, 0.25) is 0 Å². The van der Waals surface area contributed by atoms with Crippen LogP contribution in [-0.2, 0) is 4.84 Å². The van der Waals surface area contributed by atoms with Crippen molar-refractivity contribution in [1.29, 1.82) is 0 Å². The zero-order valence-corrected chi connectivity index (χ0v) is 11.2. The van der Waals surface area contributed by atoms with Crippen molar-refractivity contribution < 1.29 is 14.4 Å². The van der Waals surface area contributed by atoms with Crippen LogP contribution in [0.3, 0.4) is 0 Å². The fourth-order valence-electron chi connectivity index (χ4n) is 1.98. The Morgan fingerprint density at radius 3 is 2.40 bits per heavy atom. The van der Waals surface area contributed by atoms with Crippen LogP contribution in [0.1, 0.15) is 27.1 Å². The number of carbonyl (C=O) groups excluding carboxylic acids is 2. The smallest absolute Gasteiger partial charge is 0.261 e. The highest BCUT2D eigenvalue weighted by Gasteiger charge is 2.34. The van der Waals surface area contributed by atoms with Crippen molar-refractivity contribution in [2.24, 2.45) is 0 Å². The Labute approximate surface area is 117 Å². The molecule has 1 heterocycles. The van der Waals surface area contributed by atoms with Crippen LogP contribution in [0.4, 0.5) is 0 Å². The Morgan fingerprint density at radius 1 is 1.15 bits per heavy atom. The third-order valence-corrected chi connectivity index (χ3v) is 2.93. The van der Waals surface area contributed by atoms with Gasteiger partial charge in [0, 0.05) is 12.7 Å². The Bertz CT molecular complexity index is 529. The molecule has 0 saturated carbocycles. The Balaban J connectivity index is 1.90. The SMILES string of the molecule is CON/C=C\C=C/CCN1C(=O)c2ccccc2C1=O. The standard InChI is InChI=1S/C15H16N2O3/c1-20-16-10-6-2-3-7-11-17-14(18)12-8-4-5-9-13(12)15(17)19/h2-6,8-10,16H,7,11H2,1H3/b3-2-,10-6-. The fraction of sp³-hybridized carbons (Fsp3) is 0.200. The van der Waals surface area contributed by atoms with Crippen molar-refractivity contribution in [2.45, 2.75) is 6.42 Å². The van der Waals surface area contributed by atoms with E-state index in [9.17, 15) is 9.59 Å². The minimum Gasteiger partial charge on any atom is -0.280 e. The zero-order valence-electron chi connectivity index (χ0n) is 11.2. The molecule has 0 bridgehead atoms. The van der Waals surface area contributed by atoms with Crippen LogP contribution >= 0.6 is 0 Å². The fourth-order valence-corrected chi connectivity index (χ4v) is 1.98. The van der Waals surface area contributed by atoms with Gasteiger partial charge in [-0.05, 0) is 24.6 Å². The molecule has 104 valence electrons. The number of hydrogen-bond donors (Lipinski definition) is 1. The summed E-state index contributed by atoms with van der Waals surface area (Å²) in [7, 11) is 1.52. The van der Waals surface area contributed by atoms with Crippen LogP contribution in [0.25, 0.3) is 0 Å². The molecule has 1 aromatic rings. The number of fused-ring (bicyclic) bond motifs is 1. The number of rotatable bonds is 6. The van der Waals surface area contributed by atoms with E-state index in [1.165, 1.54) is 12.0 Å². The van der Waals surface area contributed by atoms with Gasteiger partial charge in [0.2, 0.25) is 0 Å². The molecule has 0 aromatic heterocycles. The number of imide groups is 1. The lowest BCUT2D eigenvalue weighted by atomic mass is 10.1. The maximum absolute atomic E-state index is 12.1. The van der Waals surface area contributed by atoms with Crippen LogP contribution in [0.15, 0.2) is 48.7 Å². The molecule has 0 radical (unpaired) electrons. The van der Waals surface area contributed by atoms with Gasteiger partial charge in [0.05, 0.1) is 18.2 Å². The summed E-state index contributed by atoms with van der Waals surface area (Å²) in [5.41, 5.74) is 3.54. The van der Waals surface area contributed by atoms with Gasteiger partial charge in [0.1, 0.15) is 0 Å². The Kier molecular flexibility index (Phi) is 4.68. The first-order valence-corrected chi connectivity index (χ1v) is 6.31. The average Bonchev–Trinajstić information content (AvgIpc) is 2.71. The van der Waals surface area contributed by atoms with Gasteiger partial charge in [0.25, 0.3) is 11.8 Å². The minimum atomic E-state index is -0.212. The summed E-state index contributed by atoms with van der Waals surface area (Å²) in [4.78, 5) is 30.0.